The van der Waals surface area contributed by atoms with Crippen LogP contribution in [-0.2, 0) is 9.59 Å². The van der Waals surface area contributed by atoms with E-state index >= 15 is 0 Å². The van der Waals surface area contributed by atoms with E-state index in [1.807, 2.05) is 41.5 Å². The van der Waals surface area contributed by atoms with Gasteiger partial charge < -0.3 is 0 Å². The van der Waals surface area contributed by atoms with Crippen LogP contribution in [0.3, 0.4) is 0 Å². The molecule has 2 nitrogen and oxygen atoms in total. The van der Waals surface area contributed by atoms with E-state index in [0.717, 1.165) is 6.42 Å². The minimum Gasteiger partial charge on any atom is -0.298 e. The molecule has 2 atom stereocenters. The van der Waals surface area contributed by atoms with Crippen molar-refractivity contribution in [2.75, 3.05) is 0 Å². The quantitative estimate of drug-likeness (QED) is 0.671. The largest absolute Gasteiger partial charge is 0.298 e. The molecule has 0 spiro atoms. The van der Waals surface area contributed by atoms with Gasteiger partial charge in [0, 0.05) is 11.3 Å². The topological polar surface area (TPSA) is 34.1 Å². The molecule has 0 N–H and O–H groups in total. The summed E-state index contributed by atoms with van der Waals surface area (Å²) in [5.41, 5.74) is -1.26. The molecule has 0 amide bonds. The lowest BCUT2D eigenvalue weighted by Crippen LogP contribution is -2.44. The summed E-state index contributed by atoms with van der Waals surface area (Å²) in [7, 11) is 0. The number of carbonyl (C=O) groups excluding carboxylic acids is 2. The van der Waals surface area contributed by atoms with Gasteiger partial charge >= 0.3 is 0 Å². The maximum atomic E-state index is 12.4. The Morgan fingerprint density at radius 2 is 1.50 bits per heavy atom. The lowest BCUT2D eigenvalue weighted by atomic mass is 9.67. The number of rotatable bonds is 5. The number of ketones is 2. The summed E-state index contributed by atoms with van der Waals surface area (Å²) in [5.74, 6) is 0.126. The molecular weight excluding hydrogens is 200 g/mol. The van der Waals surface area contributed by atoms with Crippen molar-refractivity contribution in [3.05, 3.63) is 0 Å². The summed E-state index contributed by atoms with van der Waals surface area (Å²) in [6, 6.07) is 0. The van der Waals surface area contributed by atoms with Crippen molar-refractivity contribution in [2.24, 2.45) is 16.7 Å². The van der Waals surface area contributed by atoms with E-state index in [1.165, 1.54) is 0 Å². The summed E-state index contributed by atoms with van der Waals surface area (Å²) in [5, 5.41) is 0. The zero-order chi connectivity index (χ0) is 13.1. The highest BCUT2D eigenvalue weighted by molar-refractivity contribution is 6.09. The first-order chi connectivity index (χ1) is 7.11. The van der Waals surface area contributed by atoms with Crippen LogP contribution in [0.1, 0.15) is 61.3 Å². The number of hydrogen-bond donors (Lipinski definition) is 0. The van der Waals surface area contributed by atoms with E-state index in [9.17, 15) is 9.59 Å². The van der Waals surface area contributed by atoms with Crippen molar-refractivity contribution < 1.29 is 9.59 Å². The first kappa shape index (κ1) is 15.3. The average molecular weight is 226 g/mol. The van der Waals surface area contributed by atoms with Gasteiger partial charge in [-0.2, -0.15) is 0 Å². The lowest BCUT2D eigenvalue weighted by Gasteiger charge is -2.33. The molecule has 0 aromatic heterocycles. The Labute approximate surface area is 99.8 Å². The molecule has 2 heteroatoms. The smallest absolute Gasteiger partial charge is 0.151 e. The summed E-state index contributed by atoms with van der Waals surface area (Å²) in [4.78, 5) is 24.7. The molecular formula is C14H26O2. The highest BCUT2D eigenvalue weighted by atomic mass is 16.2. The molecule has 0 radical (unpaired) electrons. The molecule has 0 saturated heterocycles. The molecule has 0 aliphatic rings. The molecule has 94 valence electrons. The SMILES string of the molecule is CCC(C)C(=O)C(C)(CC)C(=O)C(C)(C)C. The third-order valence-electron chi connectivity index (χ3n) is 3.49. The third-order valence-corrected chi connectivity index (χ3v) is 3.49. The predicted octanol–water partition coefficient (Wildman–Crippen LogP) is 3.63. The Bertz CT molecular complexity index is 273. The van der Waals surface area contributed by atoms with Crippen LogP contribution in [0.25, 0.3) is 0 Å². The second-order valence-electron chi connectivity index (χ2n) is 5.94. The van der Waals surface area contributed by atoms with Gasteiger partial charge in [0.1, 0.15) is 5.78 Å². The van der Waals surface area contributed by atoms with E-state index in [-0.39, 0.29) is 17.5 Å². The van der Waals surface area contributed by atoms with Gasteiger partial charge in [-0.05, 0) is 19.8 Å². The Hall–Kier alpha value is -0.660. The Morgan fingerprint density at radius 3 is 1.75 bits per heavy atom. The average Bonchev–Trinajstić information content (AvgIpc) is 2.23. The molecule has 0 bridgehead atoms. The van der Waals surface area contributed by atoms with Crippen LogP contribution in [0.2, 0.25) is 0 Å². The van der Waals surface area contributed by atoms with E-state index in [0.29, 0.717) is 6.42 Å². The van der Waals surface area contributed by atoms with Crippen LogP contribution < -0.4 is 0 Å². The molecule has 0 heterocycles. The maximum absolute atomic E-state index is 12.4. The van der Waals surface area contributed by atoms with Crippen molar-refractivity contribution in [1.82, 2.24) is 0 Å². The van der Waals surface area contributed by atoms with Crippen LogP contribution in [0.5, 0.6) is 0 Å². The first-order valence-corrected chi connectivity index (χ1v) is 6.20. The van der Waals surface area contributed by atoms with Gasteiger partial charge in [0.05, 0.1) is 5.41 Å². The highest BCUT2D eigenvalue weighted by Crippen LogP contribution is 2.35. The second-order valence-corrected chi connectivity index (χ2v) is 5.94. The number of hydrogen-bond acceptors (Lipinski definition) is 2. The molecule has 2 unspecified atom stereocenters. The first-order valence-electron chi connectivity index (χ1n) is 6.20. The summed E-state index contributed by atoms with van der Waals surface area (Å²) in [6.45, 7) is 13.3. The molecule has 0 rings (SSSR count). The summed E-state index contributed by atoms with van der Waals surface area (Å²) in [6.07, 6.45) is 1.39. The zero-order valence-corrected chi connectivity index (χ0v) is 11.8. The zero-order valence-electron chi connectivity index (χ0n) is 11.8. The van der Waals surface area contributed by atoms with Gasteiger partial charge in [-0.25, -0.2) is 0 Å². The molecule has 16 heavy (non-hydrogen) atoms. The lowest BCUT2D eigenvalue weighted by molar-refractivity contribution is -0.147. The van der Waals surface area contributed by atoms with Gasteiger partial charge in [-0.3, -0.25) is 9.59 Å². The van der Waals surface area contributed by atoms with Gasteiger partial charge in [-0.1, -0.05) is 41.5 Å². The number of Topliss-reactive ketones (excluding diaryl/α,β-unsaturated/α-hetero) is 2. The van der Waals surface area contributed by atoms with Crippen LogP contribution in [-0.4, -0.2) is 11.6 Å². The summed E-state index contributed by atoms with van der Waals surface area (Å²) < 4.78 is 0. The van der Waals surface area contributed by atoms with E-state index < -0.39 is 10.8 Å². The molecule has 0 aliphatic carbocycles. The monoisotopic (exact) mass is 226 g/mol. The van der Waals surface area contributed by atoms with Crippen molar-refractivity contribution in [2.45, 2.75) is 61.3 Å². The molecule has 0 aliphatic heterocycles. The van der Waals surface area contributed by atoms with Crippen LogP contribution in [0, 0.1) is 16.7 Å². The predicted molar refractivity (Wildman–Crippen MR) is 67.3 cm³/mol. The highest BCUT2D eigenvalue weighted by Gasteiger charge is 2.45. The Balaban J connectivity index is 5.22. The Kier molecular flexibility index (Phi) is 4.90. The van der Waals surface area contributed by atoms with Gasteiger partial charge in [-0.15, -0.1) is 0 Å². The van der Waals surface area contributed by atoms with E-state index in [1.54, 1.807) is 6.92 Å². The van der Waals surface area contributed by atoms with Crippen molar-refractivity contribution in [3.8, 4) is 0 Å². The van der Waals surface area contributed by atoms with Crippen molar-refractivity contribution >= 4 is 11.6 Å². The van der Waals surface area contributed by atoms with Crippen LogP contribution >= 0.6 is 0 Å². The van der Waals surface area contributed by atoms with E-state index in [4.69, 9.17) is 0 Å². The number of carbonyl (C=O) groups is 2. The van der Waals surface area contributed by atoms with Crippen molar-refractivity contribution in [1.29, 1.82) is 0 Å². The van der Waals surface area contributed by atoms with Gasteiger partial charge in [0.15, 0.2) is 5.78 Å². The maximum Gasteiger partial charge on any atom is 0.151 e. The van der Waals surface area contributed by atoms with Gasteiger partial charge in [0.25, 0.3) is 0 Å². The normalized spacial score (nSPS) is 17.7. The molecule has 0 aromatic rings. The Morgan fingerprint density at radius 1 is 1.06 bits per heavy atom. The fraction of sp³-hybridized carbons (Fsp3) is 0.857. The van der Waals surface area contributed by atoms with Crippen LogP contribution in [0.4, 0.5) is 0 Å². The van der Waals surface area contributed by atoms with Crippen molar-refractivity contribution in [3.63, 3.8) is 0 Å². The van der Waals surface area contributed by atoms with Gasteiger partial charge in [0.2, 0.25) is 0 Å². The molecule has 0 fully saturated rings. The van der Waals surface area contributed by atoms with E-state index in [2.05, 4.69) is 0 Å². The minimum atomic E-state index is -0.812. The fourth-order valence-electron chi connectivity index (χ4n) is 2.00. The van der Waals surface area contributed by atoms with Crippen LogP contribution in [0.15, 0.2) is 0 Å². The third kappa shape index (κ3) is 2.93. The molecule has 0 aromatic carbocycles. The molecule has 0 saturated carbocycles. The standard InChI is InChI=1S/C14H26O2/c1-8-10(3)11(15)14(7,9-2)12(16)13(4,5)6/h10H,8-9H2,1-7H3. The minimum absolute atomic E-state index is 0.0313. The second kappa shape index (κ2) is 5.11. The summed E-state index contributed by atoms with van der Waals surface area (Å²) >= 11 is 0. The fourth-order valence-corrected chi connectivity index (χ4v) is 2.00.